The van der Waals surface area contributed by atoms with Crippen molar-refractivity contribution in [2.24, 2.45) is 0 Å². The summed E-state index contributed by atoms with van der Waals surface area (Å²) >= 11 is 0. The van der Waals surface area contributed by atoms with Crippen molar-refractivity contribution in [2.75, 3.05) is 47.4 Å². The van der Waals surface area contributed by atoms with Gasteiger partial charge in [0.25, 0.3) is 5.91 Å². The van der Waals surface area contributed by atoms with Gasteiger partial charge < -0.3 is 14.5 Å². The quantitative estimate of drug-likeness (QED) is 0.828. The summed E-state index contributed by atoms with van der Waals surface area (Å²) in [5, 5.41) is 0. The smallest absolute Gasteiger partial charge is 0.254 e. The molecule has 0 radical (unpaired) electrons. The maximum absolute atomic E-state index is 12.6. The lowest BCUT2D eigenvalue weighted by Crippen LogP contribution is -2.54. The number of hydrogen-bond donors (Lipinski definition) is 0. The zero-order chi connectivity index (χ0) is 17.0. The van der Waals surface area contributed by atoms with Gasteiger partial charge in [-0.05, 0) is 25.1 Å². The first-order valence-corrected chi connectivity index (χ1v) is 7.82. The number of likely N-dealkylation sites (N-methyl/N-ethyl adjacent to an activating group) is 1. The van der Waals surface area contributed by atoms with Gasteiger partial charge in [-0.15, -0.1) is 0 Å². The topological polar surface area (TPSA) is 53.1 Å². The molecule has 126 valence electrons. The van der Waals surface area contributed by atoms with Gasteiger partial charge >= 0.3 is 0 Å². The Morgan fingerprint density at radius 3 is 2.39 bits per heavy atom. The van der Waals surface area contributed by atoms with Gasteiger partial charge in [0.05, 0.1) is 13.2 Å². The van der Waals surface area contributed by atoms with Crippen LogP contribution in [0.4, 0.5) is 0 Å². The van der Waals surface area contributed by atoms with Crippen molar-refractivity contribution in [2.45, 2.75) is 13.0 Å². The molecule has 1 aromatic carbocycles. The summed E-state index contributed by atoms with van der Waals surface area (Å²) in [5.41, 5.74) is 0.634. The van der Waals surface area contributed by atoms with Crippen LogP contribution in [0.5, 0.6) is 5.75 Å². The number of carbonyl (C=O) groups is 2. The summed E-state index contributed by atoms with van der Waals surface area (Å²) in [7, 11) is 5.12. The molecule has 0 aliphatic carbocycles. The highest BCUT2D eigenvalue weighted by Crippen LogP contribution is 2.16. The number of piperazine rings is 1. The molecule has 1 aliphatic rings. The Hall–Kier alpha value is -2.08. The predicted octanol–water partition coefficient (Wildman–Crippen LogP) is 0.930. The largest absolute Gasteiger partial charge is 0.497 e. The van der Waals surface area contributed by atoms with Crippen molar-refractivity contribution in [3.63, 3.8) is 0 Å². The van der Waals surface area contributed by atoms with Crippen LogP contribution >= 0.6 is 0 Å². The molecule has 1 heterocycles. The van der Waals surface area contributed by atoms with E-state index in [2.05, 4.69) is 4.90 Å². The SMILES string of the molecule is COc1cccc(C(=O)N2CCN(C(C)C(=O)N(C)C)CC2)c1. The number of nitrogens with zero attached hydrogens (tertiary/aromatic N) is 3. The molecule has 2 rings (SSSR count). The Labute approximate surface area is 137 Å². The number of amides is 2. The van der Waals surface area contributed by atoms with Gasteiger partial charge in [-0.1, -0.05) is 6.07 Å². The summed E-state index contributed by atoms with van der Waals surface area (Å²) in [6, 6.07) is 7.05. The van der Waals surface area contributed by atoms with E-state index in [1.807, 2.05) is 24.0 Å². The van der Waals surface area contributed by atoms with Crippen molar-refractivity contribution < 1.29 is 14.3 Å². The Morgan fingerprint density at radius 1 is 1.17 bits per heavy atom. The van der Waals surface area contributed by atoms with Crippen molar-refractivity contribution in [3.8, 4) is 5.75 Å². The summed E-state index contributed by atoms with van der Waals surface area (Å²) in [6.45, 7) is 4.58. The molecule has 1 aliphatic heterocycles. The van der Waals surface area contributed by atoms with Crippen LogP contribution < -0.4 is 4.74 Å². The molecule has 1 saturated heterocycles. The van der Waals surface area contributed by atoms with Crippen LogP contribution in [0.3, 0.4) is 0 Å². The van der Waals surface area contributed by atoms with Crippen LogP contribution in [0.1, 0.15) is 17.3 Å². The van der Waals surface area contributed by atoms with Gasteiger partial charge in [-0.2, -0.15) is 0 Å². The van der Waals surface area contributed by atoms with Gasteiger partial charge in [0.2, 0.25) is 5.91 Å². The average molecular weight is 319 g/mol. The third-order valence-corrected chi connectivity index (χ3v) is 4.26. The van der Waals surface area contributed by atoms with E-state index in [1.165, 1.54) is 0 Å². The zero-order valence-electron chi connectivity index (χ0n) is 14.3. The molecular weight excluding hydrogens is 294 g/mol. The predicted molar refractivity (Wildman–Crippen MR) is 88.6 cm³/mol. The summed E-state index contributed by atoms with van der Waals surface area (Å²) < 4.78 is 5.17. The summed E-state index contributed by atoms with van der Waals surface area (Å²) in [5.74, 6) is 0.785. The molecule has 0 bridgehead atoms. The molecule has 1 atom stereocenters. The molecule has 0 saturated carbocycles. The first kappa shape index (κ1) is 17.3. The van der Waals surface area contributed by atoms with Crippen molar-refractivity contribution in [1.82, 2.24) is 14.7 Å². The van der Waals surface area contributed by atoms with Crippen LogP contribution in [0.15, 0.2) is 24.3 Å². The van der Waals surface area contributed by atoms with Crippen LogP contribution in [0.2, 0.25) is 0 Å². The lowest BCUT2D eigenvalue weighted by molar-refractivity contribution is -0.134. The highest BCUT2D eigenvalue weighted by atomic mass is 16.5. The zero-order valence-corrected chi connectivity index (χ0v) is 14.3. The van der Waals surface area contributed by atoms with Crippen LogP contribution in [0, 0.1) is 0 Å². The molecule has 0 aromatic heterocycles. The molecule has 2 amide bonds. The fourth-order valence-corrected chi connectivity index (χ4v) is 2.78. The van der Waals surface area contributed by atoms with Gasteiger partial charge in [-0.3, -0.25) is 14.5 Å². The summed E-state index contributed by atoms with van der Waals surface area (Å²) in [4.78, 5) is 30.2. The van der Waals surface area contributed by atoms with Gasteiger partial charge in [0, 0.05) is 45.8 Å². The average Bonchev–Trinajstić information content (AvgIpc) is 2.59. The number of methoxy groups -OCH3 is 1. The van der Waals surface area contributed by atoms with E-state index in [4.69, 9.17) is 4.74 Å². The Bertz CT molecular complexity index is 566. The van der Waals surface area contributed by atoms with E-state index >= 15 is 0 Å². The Balaban J connectivity index is 1.96. The molecule has 6 nitrogen and oxygen atoms in total. The maximum Gasteiger partial charge on any atom is 0.254 e. The van der Waals surface area contributed by atoms with E-state index in [9.17, 15) is 9.59 Å². The first-order chi connectivity index (χ1) is 10.9. The van der Waals surface area contributed by atoms with E-state index in [-0.39, 0.29) is 17.9 Å². The van der Waals surface area contributed by atoms with Gasteiger partial charge in [-0.25, -0.2) is 0 Å². The molecule has 1 unspecified atom stereocenters. The van der Waals surface area contributed by atoms with Crippen molar-refractivity contribution in [1.29, 1.82) is 0 Å². The van der Waals surface area contributed by atoms with E-state index in [0.717, 1.165) is 0 Å². The van der Waals surface area contributed by atoms with Crippen molar-refractivity contribution in [3.05, 3.63) is 29.8 Å². The summed E-state index contributed by atoms with van der Waals surface area (Å²) in [6.07, 6.45) is 0. The Morgan fingerprint density at radius 2 is 1.83 bits per heavy atom. The molecule has 1 aromatic rings. The van der Waals surface area contributed by atoms with E-state index < -0.39 is 0 Å². The van der Waals surface area contributed by atoms with Crippen molar-refractivity contribution >= 4 is 11.8 Å². The number of rotatable bonds is 4. The molecule has 0 N–H and O–H groups in total. The fraction of sp³-hybridized carbons (Fsp3) is 0.529. The van der Waals surface area contributed by atoms with Crippen LogP contribution in [0.25, 0.3) is 0 Å². The minimum Gasteiger partial charge on any atom is -0.497 e. The van der Waals surface area contributed by atoms with Crippen LogP contribution in [-0.2, 0) is 4.79 Å². The second-order valence-corrected chi connectivity index (χ2v) is 5.97. The highest BCUT2D eigenvalue weighted by molar-refractivity contribution is 5.94. The van der Waals surface area contributed by atoms with Crippen LogP contribution in [-0.4, -0.2) is 79.9 Å². The third kappa shape index (κ3) is 4.01. The van der Waals surface area contributed by atoms with Gasteiger partial charge in [0.15, 0.2) is 0 Å². The lowest BCUT2D eigenvalue weighted by atomic mass is 10.1. The first-order valence-electron chi connectivity index (χ1n) is 7.82. The second kappa shape index (κ2) is 7.46. The molecule has 6 heteroatoms. The molecule has 23 heavy (non-hydrogen) atoms. The normalized spacial score (nSPS) is 16.8. The maximum atomic E-state index is 12.6. The molecule has 1 fully saturated rings. The standard InChI is InChI=1S/C17H25N3O3/c1-13(16(21)18(2)3)19-8-10-20(11-9-19)17(22)14-6-5-7-15(12-14)23-4/h5-7,12-13H,8-11H2,1-4H3. The van der Waals surface area contributed by atoms with Gasteiger partial charge in [0.1, 0.15) is 5.75 Å². The van der Waals surface area contributed by atoms with E-state index in [0.29, 0.717) is 37.5 Å². The third-order valence-electron chi connectivity index (χ3n) is 4.26. The minimum absolute atomic E-state index is 0.00939. The monoisotopic (exact) mass is 319 g/mol. The van der Waals surface area contributed by atoms with E-state index in [1.54, 1.807) is 38.2 Å². The second-order valence-electron chi connectivity index (χ2n) is 5.97. The Kier molecular flexibility index (Phi) is 5.60. The number of benzene rings is 1. The molecular formula is C17H25N3O3. The number of ether oxygens (including phenoxy) is 1. The minimum atomic E-state index is -0.154. The lowest BCUT2D eigenvalue weighted by Gasteiger charge is -2.38. The fourth-order valence-electron chi connectivity index (χ4n) is 2.78. The highest BCUT2D eigenvalue weighted by Gasteiger charge is 2.28. The number of carbonyl (C=O) groups excluding carboxylic acids is 2. The number of hydrogen-bond acceptors (Lipinski definition) is 4. The molecule has 0 spiro atoms.